The lowest BCUT2D eigenvalue weighted by atomic mass is 10.0. The van der Waals surface area contributed by atoms with Gasteiger partial charge in [-0.3, -0.25) is 0 Å². The number of nitrogens with one attached hydrogen (secondary N) is 1. The molecule has 0 fully saturated rings. The van der Waals surface area contributed by atoms with Crippen LogP contribution in [0.2, 0.25) is 0 Å². The predicted molar refractivity (Wildman–Crippen MR) is 68.3 cm³/mol. The topological polar surface area (TPSA) is 25.2 Å². The van der Waals surface area contributed by atoms with E-state index >= 15 is 0 Å². The molecule has 5 heteroatoms. The molecule has 0 aliphatic heterocycles. The minimum absolute atomic E-state index is 0.295. The van der Waals surface area contributed by atoms with E-state index in [1.165, 1.54) is 6.07 Å². The minimum Gasteiger partial charge on any atom is -0.452 e. The fourth-order valence-corrected chi connectivity index (χ4v) is 2.08. The fourth-order valence-electron chi connectivity index (χ4n) is 1.76. The van der Waals surface area contributed by atoms with Gasteiger partial charge in [0, 0.05) is 0 Å². The molecule has 0 aliphatic carbocycles. The molecule has 0 aliphatic rings. The summed E-state index contributed by atoms with van der Waals surface area (Å²) in [6.07, 6.45) is 0. The van der Waals surface area contributed by atoms with Crippen molar-refractivity contribution in [1.82, 2.24) is 5.32 Å². The highest BCUT2D eigenvalue weighted by Crippen LogP contribution is 2.27. The Hall–Kier alpha value is -1.20. The Morgan fingerprint density at radius 2 is 2.00 bits per heavy atom. The summed E-state index contributed by atoms with van der Waals surface area (Å²) < 4.78 is 32.2. The third-order valence-electron chi connectivity index (χ3n) is 2.56. The van der Waals surface area contributed by atoms with Crippen LogP contribution >= 0.6 is 15.9 Å². The van der Waals surface area contributed by atoms with Gasteiger partial charge in [-0.25, -0.2) is 8.78 Å². The molecule has 0 saturated carbocycles. The van der Waals surface area contributed by atoms with Gasteiger partial charge in [0.2, 0.25) is 0 Å². The lowest BCUT2D eigenvalue weighted by Gasteiger charge is -2.16. The molecule has 1 unspecified atom stereocenters. The van der Waals surface area contributed by atoms with Crippen LogP contribution in [0.3, 0.4) is 0 Å². The first-order valence-corrected chi connectivity index (χ1v) is 6.34. The molecule has 1 aromatic carbocycles. The second-order valence-corrected chi connectivity index (χ2v) is 4.59. The smallest absolute Gasteiger partial charge is 0.169 e. The second kappa shape index (κ2) is 5.63. The quantitative estimate of drug-likeness (QED) is 0.922. The van der Waals surface area contributed by atoms with E-state index in [-0.39, 0.29) is 6.04 Å². The number of benzene rings is 1. The third-order valence-corrected chi connectivity index (χ3v) is 2.99. The van der Waals surface area contributed by atoms with E-state index in [0.29, 0.717) is 22.5 Å². The average Bonchev–Trinajstić information content (AvgIpc) is 2.76. The molecule has 2 nitrogen and oxygen atoms in total. The Morgan fingerprint density at radius 1 is 1.22 bits per heavy atom. The van der Waals surface area contributed by atoms with Crippen LogP contribution in [0.25, 0.3) is 0 Å². The van der Waals surface area contributed by atoms with Gasteiger partial charge in [-0.05, 0) is 52.3 Å². The van der Waals surface area contributed by atoms with Crippen molar-refractivity contribution >= 4 is 15.9 Å². The highest BCUT2D eigenvalue weighted by atomic mass is 79.9. The highest BCUT2D eigenvalue weighted by Gasteiger charge is 2.18. The van der Waals surface area contributed by atoms with Crippen molar-refractivity contribution in [3.63, 3.8) is 0 Å². The van der Waals surface area contributed by atoms with Crippen LogP contribution in [0.1, 0.15) is 24.3 Å². The molecule has 1 N–H and O–H groups in total. The summed E-state index contributed by atoms with van der Waals surface area (Å²) in [5.41, 5.74) is 0.623. The molecule has 18 heavy (non-hydrogen) atoms. The summed E-state index contributed by atoms with van der Waals surface area (Å²) in [7, 11) is 0. The van der Waals surface area contributed by atoms with Crippen molar-refractivity contribution < 1.29 is 13.2 Å². The molecule has 2 rings (SSSR count). The van der Waals surface area contributed by atoms with Crippen molar-refractivity contribution in [3.8, 4) is 0 Å². The van der Waals surface area contributed by atoms with Crippen LogP contribution in [0.15, 0.2) is 39.4 Å². The van der Waals surface area contributed by atoms with Crippen molar-refractivity contribution in [1.29, 1.82) is 0 Å². The van der Waals surface area contributed by atoms with Gasteiger partial charge in [0.05, 0.1) is 6.04 Å². The van der Waals surface area contributed by atoms with Gasteiger partial charge in [0.1, 0.15) is 5.76 Å². The first kappa shape index (κ1) is 13.2. The van der Waals surface area contributed by atoms with E-state index in [1.807, 2.05) is 6.92 Å². The van der Waals surface area contributed by atoms with Crippen LogP contribution < -0.4 is 5.32 Å². The highest BCUT2D eigenvalue weighted by molar-refractivity contribution is 9.10. The fraction of sp³-hybridized carbons (Fsp3) is 0.231. The molecule has 0 radical (unpaired) electrons. The van der Waals surface area contributed by atoms with Gasteiger partial charge in [0.15, 0.2) is 16.3 Å². The molecule has 1 heterocycles. The Labute approximate surface area is 112 Å². The van der Waals surface area contributed by atoms with E-state index < -0.39 is 11.6 Å². The number of hydrogen-bond acceptors (Lipinski definition) is 2. The van der Waals surface area contributed by atoms with Crippen molar-refractivity contribution in [3.05, 3.63) is 58.0 Å². The maximum atomic E-state index is 13.3. The third kappa shape index (κ3) is 2.79. The zero-order valence-corrected chi connectivity index (χ0v) is 11.3. The standard InChI is InChI=1S/C13H12BrF2NO/c1-2-17-13(11-5-6-12(14)18-11)8-3-4-9(15)10(16)7-8/h3-7,13,17H,2H2,1H3. The molecule has 2 aromatic rings. The minimum atomic E-state index is -0.860. The summed E-state index contributed by atoms with van der Waals surface area (Å²) in [4.78, 5) is 0. The van der Waals surface area contributed by atoms with E-state index in [2.05, 4.69) is 21.2 Å². The monoisotopic (exact) mass is 315 g/mol. The summed E-state index contributed by atoms with van der Waals surface area (Å²) in [5.74, 6) is -1.06. The Balaban J connectivity index is 2.37. The first-order chi connectivity index (χ1) is 8.61. The molecule has 1 atom stereocenters. The first-order valence-electron chi connectivity index (χ1n) is 5.55. The number of halogens is 3. The molecule has 0 bridgehead atoms. The van der Waals surface area contributed by atoms with Crippen LogP contribution in [0.5, 0.6) is 0 Å². The molecule has 0 saturated heterocycles. The van der Waals surface area contributed by atoms with Crippen LogP contribution in [0.4, 0.5) is 8.78 Å². The SMILES string of the molecule is CCNC(c1ccc(F)c(F)c1)c1ccc(Br)o1. The van der Waals surface area contributed by atoms with Crippen molar-refractivity contribution in [2.24, 2.45) is 0 Å². The lowest BCUT2D eigenvalue weighted by Crippen LogP contribution is -2.21. The summed E-state index contributed by atoms with van der Waals surface area (Å²) in [6.45, 7) is 2.62. The van der Waals surface area contributed by atoms with Crippen molar-refractivity contribution in [2.75, 3.05) is 6.54 Å². The van der Waals surface area contributed by atoms with Gasteiger partial charge in [-0.1, -0.05) is 13.0 Å². The maximum absolute atomic E-state index is 13.3. The van der Waals surface area contributed by atoms with Crippen molar-refractivity contribution in [2.45, 2.75) is 13.0 Å². The Morgan fingerprint density at radius 3 is 2.56 bits per heavy atom. The second-order valence-electron chi connectivity index (χ2n) is 3.81. The van der Waals surface area contributed by atoms with Gasteiger partial charge in [-0.2, -0.15) is 0 Å². The van der Waals surface area contributed by atoms with E-state index in [4.69, 9.17) is 4.42 Å². The zero-order chi connectivity index (χ0) is 13.1. The number of furan rings is 1. The summed E-state index contributed by atoms with van der Waals surface area (Å²) >= 11 is 3.22. The largest absolute Gasteiger partial charge is 0.452 e. The molecular weight excluding hydrogens is 304 g/mol. The molecule has 0 amide bonds. The molecular formula is C13H12BrF2NO. The van der Waals surface area contributed by atoms with Gasteiger partial charge in [-0.15, -0.1) is 0 Å². The normalized spacial score (nSPS) is 12.7. The van der Waals surface area contributed by atoms with Gasteiger partial charge in [0.25, 0.3) is 0 Å². The Kier molecular flexibility index (Phi) is 4.14. The molecule has 0 spiro atoms. The summed E-state index contributed by atoms with van der Waals surface area (Å²) in [6, 6.07) is 7.10. The molecule has 1 aromatic heterocycles. The van der Waals surface area contributed by atoms with Crippen LogP contribution in [-0.4, -0.2) is 6.54 Å². The van der Waals surface area contributed by atoms with Crippen LogP contribution in [-0.2, 0) is 0 Å². The maximum Gasteiger partial charge on any atom is 0.169 e. The summed E-state index contributed by atoms with van der Waals surface area (Å²) in [5, 5.41) is 3.17. The van der Waals surface area contributed by atoms with E-state index in [0.717, 1.165) is 6.07 Å². The Bertz CT molecular complexity index is 542. The average molecular weight is 316 g/mol. The molecule has 96 valence electrons. The number of hydrogen-bond donors (Lipinski definition) is 1. The van der Waals surface area contributed by atoms with Gasteiger partial charge < -0.3 is 9.73 Å². The van der Waals surface area contributed by atoms with Gasteiger partial charge >= 0.3 is 0 Å². The zero-order valence-electron chi connectivity index (χ0n) is 9.71. The van der Waals surface area contributed by atoms with Crippen LogP contribution in [0, 0.1) is 11.6 Å². The van der Waals surface area contributed by atoms with E-state index in [9.17, 15) is 8.78 Å². The number of rotatable bonds is 4. The van der Waals surface area contributed by atoms with E-state index in [1.54, 1.807) is 18.2 Å². The predicted octanol–water partition coefficient (Wildman–Crippen LogP) is 4.02. The lowest BCUT2D eigenvalue weighted by molar-refractivity contribution is 0.434.